The minimum absolute atomic E-state index is 0.372. The predicted molar refractivity (Wildman–Crippen MR) is 66.8 cm³/mol. The molecular weight excluding hydrogens is 222 g/mol. The van der Waals surface area contributed by atoms with Crippen molar-refractivity contribution < 1.29 is 9.59 Å². The normalized spacial score (nSPS) is 12.6. The number of carbonyl (C=O) groups is 2. The summed E-state index contributed by atoms with van der Waals surface area (Å²) in [5.41, 5.74) is 0.789. The Kier molecular flexibility index (Phi) is 5.50. The van der Waals surface area contributed by atoms with E-state index in [1.807, 2.05) is 35.9 Å². The summed E-state index contributed by atoms with van der Waals surface area (Å²) in [6.07, 6.45) is 6.94. The summed E-state index contributed by atoms with van der Waals surface area (Å²) in [6.45, 7) is 1.94. The van der Waals surface area contributed by atoms with Crippen molar-refractivity contribution in [1.82, 2.24) is 0 Å². The van der Waals surface area contributed by atoms with E-state index in [1.54, 1.807) is 0 Å². The molecule has 0 saturated carbocycles. The molecule has 0 bridgehead atoms. The van der Waals surface area contributed by atoms with Crippen LogP contribution < -0.4 is 4.90 Å². The Morgan fingerprint density at radius 1 is 1.50 bits per heavy atom. The molecule has 0 radical (unpaired) electrons. The van der Waals surface area contributed by atoms with Crippen LogP contribution in [-0.2, 0) is 9.59 Å². The van der Waals surface area contributed by atoms with Crippen LogP contribution in [-0.4, -0.2) is 18.7 Å². The van der Waals surface area contributed by atoms with Crippen molar-refractivity contribution in [3.63, 3.8) is 0 Å². The zero-order valence-electron chi connectivity index (χ0n) is 9.20. The van der Waals surface area contributed by atoms with Crippen molar-refractivity contribution >= 4 is 29.7 Å². The van der Waals surface area contributed by atoms with E-state index in [0.29, 0.717) is 6.42 Å². The molecule has 1 unspecified atom stereocenters. The summed E-state index contributed by atoms with van der Waals surface area (Å²) in [6, 6.07) is 1.47. The number of thiophene rings is 1. The second kappa shape index (κ2) is 6.95. The SMILES string of the molecule is CC=CCCC(C=O)N(C=O)c1ccsc1. The first kappa shape index (κ1) is 12.6. The molecule has 0 N–H and O–H groups in total. The van der Waals surface area contributed by atoms with Gasteiger partial charge in [-0.1, -0.05) is 12.2 Å². The topological polar surface area (TPSA) is 37.4 Å². The average Bonchev–Trinajstić information content (AvgIpc) is 2.82. The smallest absolute Gasteiger partial charge is 0.214 e. The number of anilines is 1. The van der Waals surface area contributed by atoms with Crippen LogP contribution >= 0.6 is 11.3 Å². The molecule has 0 fully saturated rings. The summed E-state index contributed by atoms with van der Waals surface area (Å²) >= 11 is 1.51. The van der Waals surface area contributed by atoms with Crippen LogP contribution in [0.25, 0.3) is 0 Å². The number of amides is 1. The predicted octanol–water partition coefficient (Wildman–Crippen LogP) is 2.63. The fourth-order valence-electron chi connectivity index (χ4n) is 1.44. The van der Waals surface area contributed by atoms with Crippen LogP contribution in [0.2, 0.25) is 0 Å². The van der Waals surface area contributed by atoms with Gasteiger partial charge in [-0.2, -0.15) is 11.3 Å². The van der Waals surface area contributed by atoms with Gasteiger partial charge < -0.3 is 9.69 Å². The van der Waals surface area contributed by atoms with Gasteiger partial charge in [-0.15, -0.1) is 0 Å². The van der Waals surface area contributed by atoms with E-state index in [4.69, 9.17) is 0 Å². The zero-order valence-corrected chi connectivity index (χ0v) is 10.0. The Hall–Kier alpha value is -1.42. The van der Waals surface area contributed by atoms with Gasteiger partial charge in [0.05, 0.1) is 11.7 Å². The molecule has 0 aliphatic rings. The molecule has 0 saturated heterocycles. The molecule has 4 heteroatoms. The Labute approximate surface area is 99.4 Å². The minimum atomic E-state index is -0.372. The van der Waals surface area contributed by atoms with E-state index in [9.17, 15) is 9.59 Å². The number of carbonyl (C=O) groups excluding carboxylic acids is 2. The van der Waals surface area contributed by atoms with Crippen molar-refractivity contribution in [3.8, 4) is 0 Å². The maximum absolute atomic E-state index is 11.0. The van der Waals surface area contributed by atoms with Crippen LogP contribution in [0.1, 0.15) is 19.8 Å². The number of rotatable bonds is 7. The second-order valence-corrected chi connectivity index (χ2v) is 4.12. The fraction of sp³-hybridized carbons (Fsp3) is 0.333. The number of hydrogen-bond donors (Lipinski definition) is 0. The first-order valence-corrected chi connectivity index (χ1v) is 6.10. The minimum Gasteiger partial charge on any atom is -0.304 e. The molecule has 1 heterocycles. The first-order chi connectivity index (χ1) is 7.83. The highest BCUT2D eigenvalue weighted by atomic mass is 32.1. The summed E-state index contributed by atoms with van der Waals surface area (Å²) < 4.78 is 0. The van der Waals surface area contributed by atoms with E-state index in [1.165, 1.54) is 16.2 Å². The van der Waals surface area contributed by atoms with Crippen LogP contribution in [0.15, 0.2) is 29.0 Å². The molecule has 0 aliphatic carbocycles. The lowest BCUT2D eigenvalue weighted by molar-refractivity contribution is -0.113. The van der Waals surface area contributed by atoms with Gasteiger partial charge >= 0.3 is 0 Å². The molecule has 0 aromatic carbocycles. The van der Waals surface area contributed by atoms with Gasteiger partial charge in [0, 0.05) is 5.38 Å². The zero-order chi connectivity index (χ0) is 11.8. The van der Waals surface area contributed by atoms with E-state index in [2.05, 4.69) is 0 Å². The van der Waals surface area contributed by atoms with E-state index in [-0.39, 0.29) is 6.04 Å². The van der Waals surface area contributed by atoms with Crippen LogP contribution in [0.4, 0.5) is 5.69 Å². The third-order valence-electron chi connectivity index (χ3n) is 2.30. The van der Waals surface area contributed by atoms with Gasteiger partial charge in [0.25, 0.3) is 0 Å². The van der Waals surface area contributed by atoms with Gasteiger partial charge in [-0.05, 0) is 31.2 Å². The highest BCUT2D eigenvalue weighted by Crippen LogP contribution is 2.20. The highest BCUT2D eigenvalue weighted by molar-refractivity contribution is 7.08. The number of aldehydes is 1. The molecule has 0 aliphatic heterocycles. The van der Waals surface area contributed by atoms with E-state index >= 15 is 0 Å². The Morgan fingerprint density at radius 3 is 2.81 bits per heavy atom. The third kappa shape index (κ3) is 3.31. The maximum Gasteiger partial charge on any atom is 0.214 e. The second-order valence-electron chi connectivity index (χ2n) is 3.34. The van der Waals surface area contributed by atoms with Crippen molar-refractivity contribution in [2.45, 2.75) is 25.8 Å². The molecule has 86 valence electrons. The van der Waals surface area contributed by atoms with Crippen LogP contribution in [0.3, 0.4) is 0 Å². The third-order valence-corrected chi connectivity index (χ3v) is 2.97. The summed E-state index contributed by atoms with van der Waals surface area (Å²) in [7, 11) is 0. The lowest BCUT2D eigenvalue weighted by Gasteiger charge is -2.22. The van der Waals surface area contributed by atoms with Crippen molar-refractivity contribution in [2.24, 2.45) is 0 Å². The molecule has 1 amide bonds. The maximum atomic E-state index is 11.0. The van der Waals surface area contributed by atoms with E-state index in [0.717, 1.165) is 24.8 Å². The monoisotopic (exact) mass is 237 g/mol. The highest BCUT2D eigenvalue weighted by Gasteiger charge is 2.17. The number of allylic oxidation sites excluding steroid dienone is 2. The summed E-state index contributed by atoms with van der Waals surface area (Å²) in [5.74, 6) is 0. The number of hydrogen-bond acceptors (Lipinski definition) is 3. The Bertz CT molecular complexity index is 346. The molecule has 1 aromatic heterocycles. The quantitative estimate of drug-likeness (QED) is 0.540. The average molecular weight is 237 g/mol. The lowest BCUT2D eigenvalue weighted by atomic mass is 10.1. The fourth-order valence-corrected chi connectivity index (χ4v) is 2.08. The Morgan fingerprint density at radius 2 is 2.31 bits per heavy atom. The lowest BCUT2D eigenvalue weighted by Crippen LogP contribution is -2.35. The summed E-state index contributed by atoms with van der Waals surface area (Å²) in [5, 5.41) is 3.75. The van der Waals surface area contributed by atoms with Gasteiger partial charge in [0.1, 0.15) is 6.29 Å². The molecule has 1 aromatic rings. The molecular formula is C12H15NO2S. The molecule has 0 spiro atoms. The number of nitrogens with zero attached hydrogens (tertiary/aromatic N) is 1. The largest absolute Gasteiger partial charge is 0.304 e. The molecule has 3 nitrogen and oxygen atoms in total. The van der Waals surface area contributed by atoms with Gasteiger partial charge in [0.2, 0.25) is 6.41 Å². The Balaban J connectivity index is 2.68. The standard InChI is InChI=1S/C12H15NO2S/c1-2-3-4-5-11(8-14)13(10-15)12-6-7-16-9-12/h2-3,6-11H,4-5H2,1H3. The van der Waals surface area contributed by atoms with Gasteiger partial charge in [-0.3, -0.25) is 4.79 Å². The van der Waals surface area contributed by atoms with Crippen molar-refractivity contribution in [2.75, 3.05) is 4.90 Å². The molecule has 1 rings (SSSR count). The summed E-state index contributed by atoms with van der Waals surface area (Å²) in [4.78, 5) is 23.4. The first-order valence-electron chi connectivity index (χ1n) is 5.15. The van der Waals surface area contributed by atoms with Crippen LogP contribution in [0, 0.1) is 0 Å². The molecule has 1 atom stereocenters. The van der Waals surface area contributed by atoms with Crippen LogP contribution in [0.5, 0.6) is 0 Å². The van der Waals surface area contributed by atoms with Gasteiger partial charge in [0.15, 0.2) is 0 Å². The molecule has 16 heavy (non-hydrogen) atoms. The van der Waals surface area contributed by atoms with Gasteiger partial charge in [-0.25, -0.2) is 0 Å². The van der Waals surface area contributed by atoms with Crippen molar-refractivity contribution in [3.05, 3.63) is 29.0 Å². The van der Waals surface area contributed by atoms with Crippen molar-refractivity contribution in [1.29, 1.82) is 0 Å². The van der Waals surface area contributed by atoms with E-state index < -0.39 is 0 Å².